The van der Waals surface area contributed by atoms with E-state index >= 15 is 0 Å². The summed E-state index contributed by atoms with van der Waals surface area (Å²) < 4.78 is 5.57. The van der Waals surface area contributed by atoms with E-state index in [9.17, 15) is 4.79 Å². The maximum absolute atomic E-state index is 12.2. The quantitative estimate of drug-likeness (QED) is 0.760. The standard InChI is InChI=1S/C24H35N5O2/c1-16-13-20(31-28-16)19-15-26-23(29-11-5-6-12-29)27-21(19)18-9-7-17(8-10-18)14-25-22(30)24(2,3)4/h13,15,17-18H,5-12,14H2,1-4H3,(H,25,30). The second-order valence-electron chi connectivity index (χ2n) is 10.2. The predicted octanol–water partition coefficient (Wildman–Crippen LogP) is 4.48. The van der Waals surface area contributed by atoms with Gasteiger partial charge in [-0.3, -0.25) is 4.79 Å². The Labute approximate surface area is 185 Å². The van der Waals surface area contributed by atoms with Gasteiger partial charge in [0.2, 0.25) is 11.9 Å². The molecule has 2 aliphatic rings. The van der Waals surface area contributed by atoms with E-state index in [4.69, 9.17) is 9.51 Å². The maximum atomic E-state index is 12.2. The Kier molecular flexibility index (Phi) is 6.30. The first-order valence-corrected chi connectivity index (χ1v) is 11.6. The highest BCUT2D eigenvalue weighted by Crippen LogP contribution is 2.39. The van der Waals surface area contributed by atoms with Crippen LogP contribution in [-0.4, -0.2) is 40.7 Å². The molecule has 7 heteroatoms. The SMILES string of the molecule is Cc1cc(-c2cnc(N3CCCC3)nc2C2CCC(CNC(=O)C(C)(C)C)CC2)on1. The van der Waals surface area contributed by atoms with Crippen molar-refractivity contribution >= 4 is 11.9 Å². The average Bonchev–Trinajstić information content (AvgIpc) is 3.43. The first-order valence-electron chi connectivity index (χ1n) is 11.6. The Morgan fingerprint density at radius 3 is 2.52 bits per heavy atom. The van der Waals surface area contributed by atoms with E-state index in [0.29, 0.717) is 11.8 Å². The van der Waals surface area contributed by atoms with Crippen LogP contribution in [0.2, 0.25) is 0 Å². The second kappa shape index (κ2) is 8.97. The van der Waals surface area contributed by atoms with Crippen LogP contribution in [0.3, 0.4) is 0 Å². The summed E-state index contributed by atoms with van der Waals surface area (Å²) in [6.07, 6.45) is 8.63. The smallest absolute Gasteiger partial charge is 0.225 e. The Hall–Kier alpha value is -2.44. The number of amides is 1. The van der Waals surface area contributed by atoms with Crippen molar-refractivity contribution in [2.75, 3.05) is 24.5 Å². The first-order chi connectivity index (χ1) is 14.8. The summed E-state index contributed by atoms with van der Waals surface area (Å²) in [5.74, 6) is 2.62. The van der Waals surface area contributed by atoms with Crippen molar-refractivity contribution in [2.45, 2.75) is 72.1 Å². The van der Waals surface area contributed by atoms with Gasteiger partial charge in [-0.2, -0.15) is 0 Å². The van der Waals surface area contributed by atoms with Crippen molar-refractivity contribution in [3.05, 3.63) is 23.7 Å². The van der Waals surface area contributed by atoms with Gasteiger partial charge in [0.1, 0.15) is 0 Å². The molecule has 0 atom stereocenters. The molecule has 168 valence electrons. The van der Waals surface area contributed by atoms with Gasteiger partial charge in [0.25, 0.3) is 0 Å². The minimum atomic E-state index is -0.339. The number of aromatic nitrogens is 3. The highest BCUT2D eigenvalue weighted by atomic mass is 16.5. The highest BCUT2D eigenvalue weighted by molar-refractivity contribution is 5.81. The Bertz CT molecular complexity index is 903. The zero-order chi connectivity index (χ0) is 22.0. The van der Waals surface area contributed by atoms with E-state index in [2.05, 4.69) is 20.4 Å². The van der Waals surface area contributed by atoms with Gasteiger partial charge in [-0.05, 0) is 51.4 Å². The molecule has 0 unspecified atom stereocenters. The molecule has 1 saturated carbocycles. The van der Waals surface area contributed by atoms with E-state index < -0.39 is 0 Å². The van der Waals surface area contributed by atoms with Crippen LogP contribution >= 0.6 is 0 Å². The summed E-state index contributed by atoms with van der Waals surface area (Å²) in [7, 11) is 0. The van der Waals surface area contributed by atoms with Gasteiger partial charge in [-0.15, -0.1) is 0 Å². The molecule has 1 N–H and O–H groups in total. The Morgan fingerprint density at radius 1 is 1.19 bits per heavy atom. The van der Waals surface area contributed by atoms with Crippen LogP contribution in [0, 0.1) is 18.3 Å². The van der Waals surface area contributed by atoms with Crippen LogP contribution in [-0.2, 0) is 4.79 Å². The zero-order valence-electron chi connectivity index (χ0n) is 19.3. The van der Waals surface area contributed by atoms with Gasteiger partial charge in [-0.25, -0.2) is 9.97 Å². The van der Waals surface area contributed by atoms with E-state index in [1.54, 1.807) is 0 Å². The van der Waals surface area contributed by atoms with Crippen LogP contribution in [0.15, 0.2) is 16.8 Å². The zero-order valence-corrected chi connectivity index (χ0v) is 19.3. The van der Waals surface area contributed by atoms with Gasteiger partial charge < -0.3 is 14.7 Å². The molecular weight excluding hydrogens is 390 g/mol. The van der Waals surface area contributed by atoms with Crippen LogP contribution in [0.1, 0.15) is 76.6 Å². The third-order valence-corrected chi connectivity index (χ3v) is 6.55. The fraction of sp³-hybridized carbons (Fsp3) is 0.667. The molecule has 1 amide bonds. The molecule has 4 rings (SSSR count). The summed E-state index contributed by atoms with van der Waals surface area (Å²) in [4.78, 5) is 24.2. The fourth-order valence-corrected chi connectivity index (χ4v) is 4.59. The molecule has 2 aromatic rings. The lowest BCUT2D eigenvalue weighted by Crippen LogP contribution is -2.38. The lowest BCUT2D eigenvalue weighted by atomic mass is 9.79. The first kappa shape index (κ1) is 21.8. The lowest BCUT2D eigenvalue weighted by Gasteiger charge is -2.30. The normalized spacial score (nSPS) is 22.0. The number of nitrogens with one attached hydrogen (secondary N) is 1. The number of rotatable bonds is 5. The summed E-state index contributed by atoms with van der Waals surface area (Å²) in [6.45, 7) is 10.6. The molecule has 1 aliphatic carbocycles. The minimum absolute atomic E-state index is 0.128. The van der Waals surface area contributed by atoms with Gasteiger partial charge >= 0.3 is 0 Å². The molecule has 3 heterocycles. The van der Waals surface area contributed by atoms with Crippen molar-refractivity contribution in [2.24, 2.45) is 11.3 Å². The van der Waals surface area contributed by atoms with E-state index in [-0.39, 0.29) is 11.3 Å². The number of hydrogen-bond donors (Lipinski definition) is 1. The number of hydrogen-bond acceptors (Lipinski definition) is 6. The minimum Gasteiger partial charge on any atom is -0.356 e. The van der Waals surface area contributed by atoms with Crippen LogP contribution < -0.4 is 10.2 Å². The predicted molar refractivity (Wildman–Crippen MR) is 121 cm³/mol. The molecule has 1 aliphatic heterocycles. The summed E-state index contributed by atoms with van der Waals surface area (Å²) in [5, 5.41) is 7.21. The van der Waals surface area contributed by atoms with Gasteiger partial charge in [0, 0.05) is 43.2 Å². The Balaban J connectivity index is 1.49. The van der Waals surface area contributed by atoms with E-state index in [1.807, 2.05) is 40.0 Å². The van der Waals surface area contributed by atoms with Gasteiger partial charge in [-0.1, -0.05) is 25.9 Å². The summed E-state index contributed by atoms with van der Waals surface area (Å²) in [5.41, 5.74) is 2.58. The topological polar surface area (TPSA) is 84.2 Å². The van der Waals surface area contributed by atoms with Crippen LogP contribution in [0.25, 0.3) is 11.3 Å². The van der Waals surface area contributed by atoms with E-state index in [0.717, 1.165) is 74.0 Å². The number of carbonyl (C=O) groups excluding carboxylic acids is 1. The van der Waals surface area contributed by atoms with Crippen molar-refractivity contribution < 1.29 is 9.32 Å². The monoisotopic (exact) mass is 425 g/mol. The van der Waals surface area contributed by atoms with Gasteiger partial charge in [0.15, 0.2) is 5.76 Å². The van der Waals surface area contributed by atoms with Crippen molar-refractivity contribution in [3.8, 4) is 11.3 Å². The number of nitrogens with zero attached hydrogens (tertiary/aromatic N) is 4. The number of aryl methyl sites for hydroxylation is 1. The molecule has 0 bridgehead atoms. The number of anilines is 1. The highest BCUT2D eigenvalue weighted by Gasteiger charge is 2.29. The number of carbonyl (C=O) groups is 1. The van der Waals surface area contributed by atoms with Gasteiger partial charge in [0.05, 0.1) is 17.0 Å². The lowest BCUT2D eigenvalue weighted by molar-refractivity contribution is -0.128. The molecule has 31 heavy (non-hydrogen) atoms. The van der Waals surface area contributed by atoms with Crippen molar-refractivity contribution in [1.82, 2.24) is 20.4 Å². The fourth-order valence-electron chi connectivity index (χ4n) is 4.59. The third-order valence-electron chi connectivity index (χ3n) is 6.55. The summed E-state index contributed by atoms with van der Waals surface area (Å²) in [6, 6.07) is 1.96. The Morgan fingerprint density at radius 2 is 1.90 bits per heavy atom. The molecule has 0 aromatic carbocycles. The van der Waals surface area contributed by atoms with E-state index in [1.165, 1.54) is 12.8 Å². The molecule has 1 saturated heterocycles. The molecule has 2 fully saturated rings. The van der Waals surface area contributed by atoms with Crippen molar-refractivity contribution in [1.29, 1.82) is 0 Å². The average molecular weight is 426 g/mol. The molecule has 0 radical (unpaired) electrons. The molecule has 7 nitrogen and oxygen atoms in total. The molecule has 2 aromatic heterocycles. The molecular formula is C24H35N5O2. The second-order valence-corrected chi connectivity index (χ2v) is 10.2. The summed E-state index contributed by atoms with van der Waals surface area (Å²) >= 11 is 0. The van der Waals surface area contributed by atoms with Crippen LogP contribution in [0.4, 0.5) is 5.95 Å². The van der Waals surface area contributed by atoms with Crippen LogP contribution in [0.5, 0.6) is 0 Å². The largest absolute Gasteiger partial charge is 0.356 e. The molecule has 0 spiro atoms. The maximum Gasteiger partial charge on any atom is 0.225 e. The van der Waals surface area contributed by atoms with Crippen molar-refractivity contribution in [3.63, 3.8) is 0 Å². The third kappa shape index (κ3) is 5.08.